The molecule has 6 nitrogen and oxygen atoms in total. The molecule has 1 heterocycles. The minimum Gasteiger partial charge on any atom is -0.493 e. The lowest BCUT2D eigenvalue weighted by molar-refractivity contribution is -0.111. The first kappa shape index (κ1) is 22.9. The van der Waals surface area contributed by atoms with Crippen molar-refractivity contribution in [2.75, 3.05) is 25.6 Å². The second-order valence-corrected chi connectivity index (χ2v) is 8.22. The van der Waals surface area contributed by atoms with Crippen LogP contribution in [0.2, 0.25) is 0 Å². The van der Waals surface area contributed by atoms with Crippen molar-refractivity contribution in [2.24, 2.45) is 0 Å². The van der Waals surface area contributed by atoms with Crippen LogP contribution in [0.1, 0.15) is 51.5 Å². The Morgan fingerprint density at radius 1 is 1.23 bits per heavy atom. The molecule has 1 saturated carbocycles. The fraction of sp³-hybridized carbons (Fsp3) is 0.480. The predicted molar refractivity (Wildman–Crippen MR) is 124 cm³/mol. The maximum atomic E-state index is 12.2. The molecule has 1 aliphatic carbocycles. The van der Waals surface area contributed by atoms with Crippen molar-refractivity contribution in [3.63, 3.8) is 0 Å². The monoisotopic (exact) mass is 426 g/mol. The number of anilines is 1. The summed E-state index contributed by atoms with van der Waals surface area (Å²) in [6.07, 6.45) is 12.9. The fourth-order valence-corrected chi connectivity index (χ4v) is 4.13. The highest BCUT2D eigenvalue weighted by atomic mass is 16.5. The van der Waals surface area contributed by atoms with Crippen molar-refractivity contribution >= 4 is 17.7 Å². The summed E-state index contributed by atoms with van der Waals surface area (Å²) in [4.78, 5) is 14.8. The summed E-state index contributed by atoms with van der Waals surface area (Å²) in [6, 6.07) is 8.34. The maximum Gasteiger partial charge on any atom is 0.248 e. The van der Waals surface area contributed by atoms with Gasteiger partial charge in [-0.15, -0.1) is 0 Å². The summed E-state index contributed by atoms with van der Waals surface area (Å²) < 4.78 is 16.5. The van der Waals surface area contributed by atoms with Gasteiger partial charge in [0.1, 0.15) is 6.61 Å². The van der Waals surface area contributed by atoms with Crippen LogP contribution >= 0.6 is 0 Å². The minimum absolute atomic E-state index is 0.222. The van der Waals surface area contributed by atoms with E-state index in [0.717, 1.165) is 12.1 Å². The molecule has 168 valence electrons. The molecule has 1 aromatic heterocycles. The molecule has 3 rings (SSSR count). The number of ether oxygens (including phenoxy) is 2. The largest absolute Gasteiger partial charge is 0.493 e. The Labute approximate surface area is 185 Å². The lowest BCUT2D eigenvalue weighted by atomic mass is 9.93. The third-order valence-electron chi connectivity index (χ3n) is 5.72. The van der Waals surface area contributed by atoms with Gasteiger partial charge in [0.25, 0.3) is 0 Å². The van der Waals surface area contributed by atoms with E-state index in [-0.39, 0.29) is 5.91 Å². The highest BCUT2D eigenvalue weighted by molar-refractivity contribution is 6.02. The number of nitrogens with zero attached hydrogens (tertiary/aromatic N) is 1. The average molecular weight is 427 g/mol. The third-order valence-corrected chi connectivity index (χ3v) is 5.72. The van der Waals surface area contributed by atoms with Crippen LogP contribution in [0.4, 0.5) is 5.69 Å². The number of benzene rings is 1. The number of rotatable bonds is 10. The number of nitrogens with one attached hydrogen (secondary N) is 1. The molecule has 0 saturated heterocycles. The SMILES string of the molecule is COc1ccc(NC(=O)/C=C/c2ccoc2)cc1OCCN(C(C)C)C1CCCCC1. The smallest absolute Gasteiger partial charge is 0.248 e. The average Bonchev–Trinajstić information content (AvgIpc) is 3.29. The topological polar surface area (TPSA) is 63.9 Å². The Morgan fingerprint density at radius 2 is 2.03 bits per heavy atom. The van der Waals surface area contributed by atoms with Gasteiger partial charge in [0.05, 0.1) is 19.6 Å². The van der Waals surface area contributed by atoms with Crippen molar-refractivity contribution < 1.29 is 18.7 Å². The van der Waals surface area contributed by atoms with Crippen LogP contribution in [0.3, 0.4) is 0 Å². The molecule has 1 fully saturated rings. The second kappa shape index (κ2) is 11.6. The number of carbonyl (C=O) groups is 1. The number of amides is 1. The van der Waals surface area contributed by atoms with Crippen LogP contribution in [0.25, 0.3) is 6.08 Å². The minimum atomic E-state index is -0.222. The van der Waals surface area contributed by atoms with Gasteiger partial charge in [-0.1, -0.05) is 19.3 Å². The number of carbonyl (C=O) groups excluding carboxylic acids is 1. The molecule has 0 spiro atoms. The summed E-state index contributed by atoms with van der Waals surface area (Å²) in [5.41, 5.74) is 1.49. The number of hydrogen-bond acceptors (Lipinski definition) is 5. The van der Waals surface area contributed by atoms with Gasteiger partial charge in [-0.05, 0) is 51.0 Å². The van der Waals surface area contributed by atoms with Gasteiger partial charge >= 0.3 is 0 Å². The van der Waals surface area contributed by atoms with E-state index in [4.69, 9.17) is 13.9 Å². The molecular formula is C25H34N2O4. The molecule has 0 atom stereocenters. The Bertz CT molecular complexity index is 839. The third kappa shape index (κ3) is 6.89. The van der Waals surface area contributed by atoms with Gasteiger partial charge < -0.3 is 19.2 Å². The van der Waals surface area contributed by atoms with Gasteiger partial charge in [-0.25, -0.2) is 0 Å². The maximum absolute atomic E-state index is 12.2. The zero-order chi connectivity index (χ0) is 22.1. The van der Waals surface area contributed by atoms with E-state index in [0.29, 0.717) is 35.9 Å². The standard InChI is InChI=1S/C25H34N2O4/c1-19(2)27(22-7-5-4-6-8-22)14-16-31-24-17-21(10-11-23(24)29-3)26-25(28)12-9-20-13-15-30-18-20/h9-13,15,17-19,22H,4-8,14,16H2,1-3H3,(H,26,28)/b12-9+. The van der Waals surface area contributed by atoms with E-state index < -0.39 is 0 Å². The molecule has 1 amide bonds. The van der Waals surface area contributed by atoms with E-state index in [1.54, 1.807) is 37.8 Å². The number of furan rings is 1. The fourth-order valence-electron chi connectivity index (χ4n) is 4.13. The van der Waals surface area contributed by atoms with E-state index in [1.165, 1.54) is 38.2 Å². The molecule has 1 aliphatic rings. The number of methoxy groups -OCH3 is 1. The Morgan fingerprint density at radius 3 is 2.71 bits per heavy atom. The molecule has 0 unspecified atom stereocenters. The van der Waals surface area contributed by atoms with E-state index in [2.05, 4.69) is 24.1 Å². The van der Waals surface area contributed by atoms with Crippen molar-refractivity contribution in [3.05, 3.63) is 48.4 Å². The molecule has 0 aliphatic heterocycles. The van der Waals surface area contributed by atoms with E-state index in [9.17, 15) is 4.79 Å². The van der Waals surface area contributed by atoms with E-state index >= 15 is 0 Å². The van der Waals surface area contributed by atoms with E-state index in [1.807, 2.05) is 12.1 Å². The van der Waals surface area contributed by atoms with Crippen LogP contribution < -0.4 is 14.8 Å². The number of hydrogen-bond donors (Lipinski definition) is 1. The van der Waals surface area contributed by atoms with Gasteiger partial charge in [0.15, 0.2) is 11.5 Å². The summed E-state index contributed by atoms with van der Waals surface area (Å²) in [6.45, 7) is 5.95. The van der Waals surface area contributed by atoms with Crippen molar-refractivity contribution in [1.82, 2.24) is 4.90 Å². The molecule has 1 N–H and O–H groups in total. The summed E-state index contributed by atoms with van der Waals surface area (Å²) in [5.74, 6) is 1.06. The summed E-state index contributed by atoms with van der Waals surface area (Å²) >= 11 is 0. The van der Waals surface area contributed by atoms with Crippen LogP contribution in [-0.2, 0) is 4.79 Å². The Kier molecular flexibility index (Phi) is 8.59. The first-order valence-electron chi connectivity index (χ1n) is 11.1. The van der Waals surface area contributed by atoms with Gasteiger partial charge in [-0.2, -0.15) is 0 Å². The van der Waals surface area contributed by atoms with Gasteiger partial charge in [0.2, 0.25) is 5.91 Å². The Hall–Kier alpha value is -2.73. The van der Waals surface area contributed by atoms with Crippen LogP contribution in [-0.4, -0.2) is 43.2 Å². The first-order chi connectivity index (χ1) is 15.1. The highest BCUT2D eigenvalue weighted by Crippen LogP contribution is 2.31. The molecule has 6 heteroatoms. The lowest BCUT2D eigenvalue weighted by Crippen LogP contribution is -2.43. The molecular weight excluding hydrogens is 392 g/mol. The van der Waals surface area contributed by atoms with Gasteiger partial charge in [-0.3, -0.25) is 9.69 Å². The molecule has 2 aromatic rings. The zero-order valence-electron chi connectivity index (χ0n) is 18.8. The summed E-state index contributed by atoms with van der Waals surface area (Å²) in [5, 5.41) is 2.86. The zero-order valence-corrected chi connectivity index (χ0v) is 18.8. The normalized spacial score (nSPS) is 15.0. The van der Waals surface area contributed by atoms with Crippen molar-refractivity contribution in [2.45, 2.75) is 58.0 Å². The predicted octanol–water partition coefficient (Wildman–Crippen LogP) is 5.36. The lowest BCUT2D eigenvalue weighted by Gasteiger charge is -2.37. The quantitative estimate of drug-likeness (QED) is 0.518. The molecule has 31 heavy (non-hydrogen) atoms. The first-order valence-corrected chi connectivity index (χ1v) is 11.1. The molecule has 1 aromatic carbocycles. The van der Waals surface area contributed by atoms with Crippen molar-refractivity contribution in [3.8, 4) is 11.5 Å². The Balaban J connectivity index is 1.58. The van der Waals surface area contributed by atoms with Crippen LogP contribution in [0.15, 0.2) is 47.3 Å². The molecule has 0 bridgehead atoms. The highest BCUT2D eigenvalue weighted by Gasteiger charge is 2.23. The van der Waals surface area contributed by atoms with Crippen LogP contribution in [0, 0.1) is 0 Å². The van der Waals surface area contributed by atoms with Crippen LogP contribution in [0.5, 0.6) is 11.5 Å². The second-order valence-electron chi connectivity index (χ2n) is 8.22. The van der Waals surface area contributed by atoms with Gasteiger partial charge in [0, 0.05) is 42.0 Å². The molecule has 0 radical (unpaired) electrons. The van der Waals surface area contributed by atoms with Crippen molar-refractivity contribution in [1.29, 1.82) is 0 Å². The summed E-state index contributed by atoms with van der Waals surface area (Å²) in [7, 11) is 1.62.